The van der Waals surface area contributed by atoms with Gasteiger partial charge in [0.15, 0.2) is 0 Å². The van der Waals surface area contributed by atoms with Gasteiger partial charge in [-0.15, -0.1) is 0 Å². The van der Waals surface area contributed by atoms with Crippen molar-refractivity contribution in [2.24, 2.45) is 10.9 Å². The van der Waals surface area contributed by atoms with Gasteiger partial charge in [-0.2, -0.15) is 5.17 Å². The lowest BCUT2D eigenvalue weighted by molar-refractivity contribution is -0.120. The van der Waals surface area contributed by atoms with Crippen molar-refractivity contribution in [2.75, 3.05) is 5.17 Å². The molecular weight excluding hydrogens is 448 g/mol. The van der Waals surface area contributed by atoms with E-state index >= 15 is 0 Å². The van der Waals surface area contributed by atoms with Crippen LogP contribution in [0, 0.1) is 5.92 Å². The van der Waals surface area contributed by atoms with E-state index in [1.165, 1.54) is 37.8 Å². The van der Waals surface area contributed by atoms with E-state index in [1.807, 2.05) is 82.4 Å². The summed E-state index contributed by atoms with van der Waals surface area (Å²) in [5.41, 5.74) is 8.23. The predicted molar refractivity (Wildman–Crippen MR) is 149 cm³/mol. The Morgan fingerprint density at radius 1 is 1.06 bits per heavy atom. The molecule has 3 N–H and O–H groups in total. The summed E-state index contributed by atoms with van der Waals surface area (Å²) in [5, 5.41) is 15.0. The van der Waals surface area contributed by atoms with Crippen LogP contribution in [-0.2, 0) is 17.8 Å². The van der Waals surface area contributed by atoms with E-state index in [0.717, 1.165) is 27.4 Å². The Bertz CT molecular complexity index is 1060. The van der Waals surface area contributed by atoms with Gasteiger partial charge in [0.1, 0.15) is 0 Å². The number of nitrogens with one attached hydrogen (secondary N) is 2. The van der Waals surface area contributed by atoms with Crippen LogP contribution in [0.5, 0.6) is 0 Å². The van der Waals surface area contributed by atoms with Gasteiger partial charge in [0.25, 0.3) is 0 Å². The minimum atomic E-state index is -0.345. The molecule has 0 aromatic heterocycles. The highest BCUT2D eigenvalue weighted by Gasteiger charge is 2.19. The van der Waals surface area contributed by atoms with Crippen molar-refractivity contribution < 1.29 is 10.0 Å². The summed E-state index contributed by atoms with van der Waals surface area (Å²) in [6, 6.07) is 15.6. The summed E-state index contributed by atoms with van der Waals surface area (Å²) in [6.45, 7) is 10.6. The Balaban J connectivity index is 1.79. The van der Waals surface area contributed by atoms with E-state index < -0.39 is 0 Å². The second kappa shape index (κ2) is 12.8. The van der Waals surface area contributed by atoms with Crippen LogP contribution >= 0.6 is 0 Å². The molecule has 6 heteroatoms. The Morgan fingerprint density at radius 2 is 1.75 bits per heavy atom. The van der Waals surface area contributed by atoms with Crippen molar-refractivity contribution in [2.45, 2.75) is 85.2 Å². The van der Waals surface area contributed by atoms with Crippen LogP contribution in [0.25, 0.3) is 5.57 Å². The molecule has 36 heavy (non-hydrogen) atoms. The van der Waals surface area contributed by atoms with Crippen LogP contribution < -0.4 is 15.9 Å². The molecule has 1 amide bonds. The van der Waals surface area contributed by atoms with Gasteiger partial charge in [-0.1, -0.05) is 61.7 Å². The minimum absolute atomic E-state index is 0.0641. The van der Waals surface area contributed by atoms with Crippen LogP contribution in [0.1, 0.15) is 83.4 Å². The van der Waals surface area contributed by atoms with Crippen molar-refractivity contribution in [3.05, 3.63) is 71.4 Å². The number of aliphatic imine (C=N–C) groups is 1. The molecule has 0 saturated heterocycles. The van der Waals surface area contributed by atoms with Crippen LogP contribution in [-0.4, -0.2) is 22.4 Å². The first-order valence-electron chi connectivity index (χ1n) is 13.0. The highest BCUT2D eigenvalue weighted by Crippen LogP contribution is 2.29. The summed E-state index contributed by atoms with van der Waals surface area (Å²) < 4.78 is 0. The van der Waals surface area contributed by atoms with Crippen LogP contribution in [0.15, 0.2) is 59.7 Å². The quantitative estimate of drug-likeness (QED) is 0.279. The summed E-state index contributed by atoms with van der Waals surface area (Å²) in [7, 11) is 0. The fraction of sp³-hybridized carbons (Fsp3) is 0.467. The van der Waals surface area contributed by atoms with E-state index in [9.17, 15) is 10.0 Å². The molecule has 0 spiro atoms. The number of carbonyl (C=O) groups excluding carboxylic acids is 1. The highest BCUT2D eigenvalue weighted by atomic mass is 16.5. The molecule has 0 unspecified atom stereocenters. The van der Waals surface area contributed by atoms with Crippen molar-refractivity contribution >= 4 is 22.9 Å². The molecule has 0 bridgehead atoms. The normalized spacial score (nSPS) is 15.6. The minimum Gasteiger partial charge on any atom is -0.352 e. The molecule has 0 atom stereocenters. The van der Waals surface area contributed by atoms with Crippen molar-refractivity contribution in [3.8, 4) is 0 Å². The van der Waals surface area contributed by atoms with Crippen molar-refractivity contribution in [1.29, 1.82) is 0 Å². The van der Waals surface area contributed by atoms with Gasteiger partial charge in [0.2, 0.25) is 5.91 Å². The Hall–Kier alpha value is -2.96. The van der Waals surface area contributed by atoms with Crippen LogP contribution in [0.3, 0.4) is 0 Å². The summed E-state index contributed by atoms with van der Waals surface area (Å²) >= 11 is 0. The third kappa shape index (κ3) is 8.61. The van der Waals surface area contributed by atoms with Gasteiger partial charge in [-0.05, 0) is 76.1 Å². The molecule has 2 aromatic rings. The van der Waals surface area contributed by atoms with E-state index in [-0.39, 0.29) is 17.9 Å². The number of rotatable bonds is 9. The molecule has 1 fully saturated rings. The van der Waals surface area contributed by atoms with E-state index in [4.69, 9.17) is 4.99 Å². The molecule has 1 aliphatic rings. The number of anilines is 1. The number of hydrogen-bond donors (Lipinski definition) is 3. The third-order valence-electron chi connectivity index (χ3n) is 6.51. The fourth-order valence-corrected chi connectivity index (χ4v) is 4.51. The van der Waals surface area contributed by atoms with Gasteiger partial charge in [0.05, 0.1) is 12.1 Å². The Morgan fingerprint density at radius 3 is 2.42 bits per heavy atom. The number of amides is 1. The summed E-state index contributed by atoms with van der Waals surface area (Å²) in [5.74, 6) is 0.502. The molecular formula is C30H42N4O2. The zero-order chi connectivity index (χ0) is 26.1. The largest absolute Gasteiger partial charge is 0.352 e. The van der Waals surface area contributed by atoms with Crippen LogP contribution in [0.2, 0.25) is 0 Å². The Labute approximate surface area is 216 Å². The maximum absolute atomic E-state index is 12.6. The van der Waals surface area contributed by atoms with Crippen molar-refractivity contribution in [3.63, 3.8) is 0 Å². The summed E-state index contributed by atoms with van der Waals surface area (Å²) in [4.78, 5) is 17.4. The maximum atomic E-state index is 12.6. The Kier molecular flexibility index (Phi) is 9.85. The zero-order valence-electron chi connectivity index (χ0n) is 22.5. The molecule has 2 aromatic carbocycles. The average molecular weight is 491 g/mol. The standard InChI is InChI=1S/C30H42N4O2/c1-22(20-31-23(2)26-14-10-7-11-15-26)27-17-16-25(18-28(27)34(36)33-30(3,4)5)19-29(35)32-21-24-12-8-6-9-13-24/h6,8-9,12-13,16-18,20,26,33,36H,7,10-11,14-15,19,21H2,1-5H3,(H,32,35)/b22-20+,31-23?. The zero-order valence-corrected chi connectivity index (χ0v) is 22.5. The van der Waals surface area contributed by atoms with Gasteiger partial charge < -0.3 is 5.32 Å². The van der Waals surface area contributed by atoms with Gasteiger partial charge in [-0.25, -0.2) is 5.43 Å². The number of hydrazine groups is 1. The molecule has 0 radical (unpaired) electrons. The molecule has 1 saturated carbocycles. The smallest absolute Gasteiger partial charge is 0.224 e. The highest BCUT2D eigenvalue weighted by molar-refractivity contribution is 5.86. The molecule has 0 heterocycles. The van der Waals surface area contributed by atoms with Gasteiger partial charge in [0, 0.05) is 29.6 Å². The third-order valence-corrected chi connectivity index (χ3v) is 6.51. The first-order chi connectivity index (χ1) is 17.1. The summed E-state index contributed by atoms with van der Waals surface area (Å²) in [6.07, 6.45) is 8.45. The monoisotopic (exact) mass is 490 g/mol. The number of benzene rings is 2. The lowest BCUT2D eigenvalue weighted by atomic mass is 9.86. The van der Waals surface area contributed by atoms with Crippen LogP contribution in [0.4, 0.5) is 5.69 Å². The maximum Gasteiger partial charge on any atom is 0.224 e. The van der Waals surface area contributed by atoms with E-state index in [2.05, 4.69) is 17.7 Å². The lowest BCUT2D eigenvalue weighted by Crippen LogP contribution is -2.48. The molecule has 194 valence electrons. The number of hydrogen-bond acceptors (Lipinski definition) is 5. The molecule has 1 aliphatic carbocycles. The van der Waals surface area contributed by atoms with Gasteiger partial charge in [-0.3, -0.25) is 15.0 Å². The SMILES string of the molecule is CC(=N/C=C(\C)c1ccc(CC(=O)NCc2ccccc2)cc1N(O)NC(C)(C)C)C1CCCCC1. The average Bonchev–Trinajstić information content (AvgIpc) is 2.86. The lowest BCUT2D eigenvalue weighted by Gasteiger charge is -2.29. The fourth-order valence-electron chi connectivity index (χ4n) is 4.51. The first kappa shape index (κ1) is 27.6. The topological polar surface area (TPSA) is 77.0 Å². The number of nitrogens with zero attached hydrogens (tertiary/aromatic N) is 2. The second-order valence-electron chi connectivity index (χ2n) is 10.9. The molecule has 6 nitrogen and oxygen atoms in total. The number of carbonyl (C=O) groups is 1. The number of allylic oxidation sites excluding steroid dienone is 1. The second-order valence-corrected chi connectivity index (χ2v) is 10.9. The predicted octanol–water partition coefficient (Wildman–Crippen LogP) is 6.45. The van der Waals surface area contributed by atoms with Gasteiger partial charge >= 0.3 is 0 Å². The van der Waals surface area contributed by atoms with E-state index in [0.29, 0.717) is 18.2 Å². The first-order valence-corrected chi connectivity index (χ1v) is 13.0. The molecule has 3 rings (SSSR count). The van der Waals surface area contributed by atoms with E-state index in [1.54, 1.807) is 0 Å². The van der Waals surface area contributed by atoms with Crippen molar-refractivity contribution in [1.82, 2.24) is 10.7 Å². The molecule has 0 aliphatic heterocycles.